The van der Waals surface area contributed by atoms with Crippen LogP contribution >= 0.6 is 0 Å². The Balaban J connectivity index is 2.74. The molecule has 0 saturated carbocycles. The zero-order chi connectivity index (χ0) is 12.0. The Hall–Kier alpha value is -0.780. The van der Waals surface area contributed by atoms with E-state index in [0.29, 0.717) is 0 Å². The van der Waals surface area contributed by atoms with Crippen LogP contribution in [-0.2, 0) is 0 Å². The van der Waals surface area contributed by atoms with Crippen molar-refractivity contribution in [3.05, 3.63) is 40.9 Å². The largest absolute Gasteiger partial charge is 0.0853 e. The first-order chi connectivity index (χ1) is 7.59. The molecule has 0 amide bonds. The second kappa shape index (κ2) is 6.73. The molecular formula is C16H25. The predicted octanol–water partition coefficient (Wildman–Crippen LogP) is 5.38. The molecule has 0 aliphatic heterocycles. The lowest BCUT2D eigenvalue weighted by Crippen LogP contribution is -1.95. The van der Waals surface area contributed by atoms with Gasteiger partial charge >= 0.3 is 0 Å². The Labute approximate surface area is 101 Å². The van der Waals surface area contributed by atoms with Gasteiger partial charge in [-0.05, 0) is 58.8 Å². The molecule has 0 aromatic carbocycles. The number of allylic oxidation sites excluding steroid dienone is 6. The van der Waals surface area contributed by atoms with Crippen LogP contribution < -0.4 is 0 Å². The minimum absolute atomic E-state index is 1.09. The van der Waals surface area contributed by atoms with Crippen LogP contribution in [0.3, 0.4) is 0 Å². The van der Waals surface area contributed by atoms with Crippen LogP contribution in [-0.4, -0.2) is 0 Å². The molecule has 1 rings (SSSR count). The zero-order valence-electron chi connectivity index (χ0n) is 11.3. The van der Waals surface area contributed by atoms with Gasteiger partial charge < -0.3 is 0 Å². The smallest absolute Gasteiger partial charge is 0.00251 e. The van der Waals surface area contributed by atoms with Crippen LogP contribution in [0.25, 0.3) is 0 Å². The van der Waals surface area contributed by atoms with E-state index in [1.807, 2.05) is 0 Å². The van der Waals surface area contributed by atoms with Gasteiger partial charge in [-0.2, -0.15) is 0 Å². The minimum atomic E-state index is 1.09. The molecule has 0 nitrogen and oxygen atoms in total. The van der Waals surface area contributed by atoms with Gasteiger partial charge in [0.1, 0.15) is 0 Å². The van der Waals surface area contributed by atoms with Gasteiger partial charge in [-0.3, -0.25) is 0 Å². The summed E-state index contributed by atoms with van der Waals surface area (Å²) in [4.78, 5) is 0. The maximum Gasteiger partial charge on any atom is -0.00251 e. The summed E-state index contributed by atoms with van der Waals surface area (Å²) in [6, 6.07) is 0. The summed E-state index contributed by atoms with van der Waals surface area (Å²) in [5, 5.41) is 0. The summed E-state index contributed by atoms with van der Waals surface area (Å²) < 4.78 is 0. The zero-order valence-corrected chi connectivity index (χ0v) is 11.3. The fraction of sp³-hybridized carbons (Fsp3) is 0.562. The average molecular weight is 217 g/mol. The lowest BCUT2D eigenvalue weighted by atomic mass is 9.93. The fourth-order valence-electron chi connectivity index (χ4n) is 1.94. The Kier molecular flexibility index (Phi) is 5.59. The van der Waals surface area contributed by atoms with Crippen molar-refractivity contribution in [2.45, 2.75) is 59.8 Å². The third-order valence-corrected chi connectivity index (χ3v) is 3.49. The van der Waals surface area contributed by atoms with Crippen molar-refractivity contribution < 1.29 is 0 Å². The van der Waals surface area contributed by atoms with Gasteiger partial charge in [-0.25, -0.2) is 0 Å². The van der Waals surface area contributed by atoms with Gasteiger partial charge in [0.25, 0.3) is 0 Å². The molecule has 0 N–H and O–H groups in total. The molecule has 0 saturated heterocycles. The van der Waals surface area contributed by atoms with Crippen molar-refractivity contribution in [1.82, 2.24) is 0 Å². The van der Waals surface area contributed by atoms with Gasteiger partial charge in [0.15, 0.2) is 0 Å². The second-order valence-electron chi connectivity index (χ2n) is 5.04. The Morgan fingerprint density at radius 1 is 0.750 bits per heavy atom. The van der Waals surface area contributed by atoms with Crippen molar-refractivity contribution in [2.75, 3.05) is 0 Å². The molecule has 89 valence electrons. The van der Waals surface area contributed by atoms with E-state index in [9.17, 15) is 0 Å². The molecule has 0 heteroatoms. The maximum absolute atomic E-state index is 2.41. The van der Waals surface area contributed by atoms with Crippen molar-refractivity contribution in [3.63, 3.8) is 0 Å². The van der Waals surface area contributed by atoms with Crippen LogP contribution in [0.15, 0.2) is 34.9 Å². The summed E-state index contributed by atoms with van der Waals surface area (Å²) >= 11 is 0. The molecule has 0 unspecified atom stereocenters. The number of hydrogen-bond acceptors (Lipinski definition) is 0. The van der Waals surface area contributed by atoms with Crippen LogP contribution in [0.2, 0.25) is 0 Å². The van der Waals surface area contributed by atoms with Crippen molar-refractivity contribution >= 4 is 0 Å². The standard InChI is InChI=1S/C16H25/c1-13-7-5-8-14(2)11-12-16(4)15(3)10-6-9-13/h8-10H,5-7,11-12H2,1-4H3/b13-9-,14-8-,15-10+. The Morgan fingerprint density at radius 2 is 1.44 bits per heavy atom. The van der Waals surface area contributed by atoms with Crippen molar-refractivity contribution in [2.24, 2.45) is 0 Å². The van der Waals surface area contributed by atoms with E-state index < -0.39 is 0 Å². The molecule has 0 aromatic rings. The third kappa shape index (κ3) is 4.83. The minimum Gasteiger partial charge on any atom is -0.0853 e. The summed E-state index contributed by atoms with van der Waals surface area (Å²) in [5.41, 5.74) is 4.53. The number of hydrogen-bond donors (Lipinski definition) is 0. The first kappa shape index (κ1) is 13.3. The molecule has 0 heterocycles. The topological polar surface area (TPSA) is 0 Å². The van der Waals surface area contributed by atoms with Crippen LogP contribution in [0.1, 0.15) is 59.8 Å². The number of rotatable bonds is 0. The molecule has 0 atom stereocenters. The maximum atomic E-state index is 2.41. The van der Waals surface area contributed by atoms with Crippen LogP contribution in [0, 0.1) is 5.92 Å². The Morgan fingerprint density at radius 3 is 2.19 bits per heavy atom. The van der Waals surface area contributed by atoms with Crippen molar-refractivity contribution in [1.29, 1.82) is 0 Å². The molecule has 16 heavy (non-hydrogen) atoms. The van der Waals surface area contributed by atoms with Gasteiger partial charge in [-0.1, -0.05) is 41.9 Å². The average Bonchev–Trinajstić information content (AvgIpc) is 2.24. The molecule has 0 spiro atoms. The van der Waals surface area contributed by atoms with E-state index in [1.54, 1.807) is 11.5 Å². The Bertz CT molecular complexity index is 302. The van der Waals surface area contributed by atoms with Gasteiger partial charge in [-0.15, -0.1) is 0 Å². The van der Waals surface area contributed by atoms with E-state index in [-0.39, 0.29) is 0 Å². The van der Waals surface area contributed by atoms with E-state index in [4.69, 9.17) is 0 Å². The lowest BCUT2D eigenvalue weighted by molar-refractivity contribution is 0.820. The summed E-state index contributed by atoms with van der Waals surface area (Å²) in [7, 11) is 0. The van der Waals surface area contributed by atoms with Crippen LogP contribution in [0.5, 0.6) is 0 Å². The van der Waals surface area contributed by atoms with E-state index in [1.165, 1.54) is 36.8 Å². The normalized spacial score (nSPS) is 31.1. The van der Waals surface area contributed by atoms with Gasteiger partial charge in [0.2, 0.25) is 0 Å². The van der Waals surface area contributed by atoms with Gasteiger partial charge in [0, 0.05) is 0 Å². The lowest BCUT2D eigenvalue weighted by Gasteiger charge is -2.12. The molecular weight excluding hydrogens is 192 g/mol. The molecule has 0 bridgehead atoms. The molecule has 1 radical (unpaired) electrons. The highest BCUT2D eigenvalue weighted by atomic mass is 14.1. The first-order valence-electron chi connectivity index (χ1n) is 6.40. The highest BCUT2D eigenvalue weighted by molar-refractivity contribution is 5.22. The predicted molar refractivity (Wildman–Crippen MR) is 73.3 cm³/mol. The van der Waals surface area contributed by atoms with Gasteiger partial charge in [0.05, 0.1) is 0 Å². The molecule has 0 fully saturated rings. The summed E-state index contributed by atoms with van der Waals surface area (Å²) in [6.45, 7) is 9.01. The quantitative estimate of drug-likeness (QED) is 0.478. The highest BCUT2D eigenvalue weighted by Gasteiger charge is 2.05. The highest BCUT2D eigenvalue weighted by Crippen LogP contribution is 2.23. The van der Waals surface area contributed by atoms with Crippen LogP contribution in [0.4, 0.5) is 0 Å². The van der Waals surface area contributed by atoms with Crippen molar-refractivity contribution in [3.8, 4) is 0 Å². The third-order valence-electron chi connectivity index (χ3n) is 3.49. The van der Waals surface area contributed by atoms with E-state index in [0.717, 1.165) is 6.42 Å². The molecule has 1 aliphatic carbocycles. The molecule has 1 aliphatic rings. The first-order valence-corrected chi connectivity index (χ1v) is 6.40. The second-order valence-corrected chi connectivity index (χ2v) is 5.04. The summed E-state index contributed by atoms with van der Waals surface area (Å²) in [6.07, 6.45) is 13.1. The summed E-state index contributed by atoms with van der Waals surface area (Å²) in [5.74, 6) is 1.54. The monoisotopic (exact) mass is 217 g/mol. The SMILES string of the molecule is C[C]1CC/C(C)=C\CC/C(C)=C\C/C=C/1C. The van der Waals surface area contributed by atoms with E-state index >= 15 is 0 Å². The fourth-order valence-corrected chi connectivity index (χ4v) is 1.94. The molecule has 0 aromatic heterocycles. The van der Waals surface area contributed by atoms with E-state index in [2.05, 4.69) is 45.9 Å².